The predicted octanol–water partition coefficient (Wildman–Crippen LogP) is 5.16. The van der Waals surface area contributed by atoms with Gasteiger partial charge in [0, 0.05) is 11.1 Å². The van der Waals surface area contributed by atoms with Crippen molar-refractivity contribution < 1.29 is 23.9 Å². The minimum absolute atomic E-state index is 0.0701. The van der Waals surface area contributed by atoms with Crippen molar-refractivity contribution in [2.45, 2.75) is 51.2 Å². The van der Waals surface area contributed by atoms with Crippen LogP contribution in [0, 0.1) is 29.6 Å². The molecule has 3 atom stereocenters. The van der Waals surface area contributed by atoms with Crippen LogP contribution in [-0.2, 0) is 24.7 Å². The van der Waals surface area contributed by atoms with E-state index in [0.717, 1.165) is 36.8 Å². The van der Waals surface area contributed by atoms with Gasteiger partial charge in [0.25, 0.3) is 0 Å². The van der Waals surface area contributed by atoms with E-state index in [1.807, 2.05) is 74.5 Å². The Kier molecular flexibility index (Phi) is 6.16. The molecule has 3 saturated carbocycles. The van der Waals surface area contributed by atoms with Gasteiger partial charge in [-0.3, -0.25) is 9.59 Å². The summed E-state index contributed by atoms with van der Waals surface area (Å²) < 4.78 is 11.4. The molecule has 1 aliphatic heterocycles. The summed E-state index contributed by atoms with van der Waals surface area (Å²) in [6.45, 7) is 4.02. The summed E-state index contributed by atoms with van der Waals surface area (Å²) in [6, 6.07) is 18.8. The molecule has 6 nitrogen and oxygen atoms in total. The Labute approximate surface area is 206 Å². The number of nitrogens with zero attached hydrogens (tertiary/aromatic N) is 1. The van der Waals surface area contributed by atoms with Gasteiger partial charge in [-0.15, -0.1) is 0 Å². The average Bonchev–Trinajstić information content (AvgIpc) is 3.23. The molecule has 0 unspecified atom stereocenters. The number of fused-ring (bicyclic) bond motifs is 3. The Morgan fingerprint density at radius 2 is 1.37 bits per heavy atom. The first-order valence-electron chi connectivity index (χ1n) is 12.6. The van der Waals surface area contributed by atoms with Crippen molar-refractivity contribution in [2.24, 2.45) is 29.6 Å². The Balaban J connectivity index is 1.63. The minimum atomic E-state index is -1.14. The van der Waals surface area contributed by atoms with Gasteiger partial charge in [-0.05, 0) is 43.4 Å². The van der Waals surface area contributed by atoms with Crippen LogP contribution < -0.4 is 0 Å². The summed E-state index contributed by atoms with van der Waals surface area (Å²) in [5, 5.41) is 0. The lowest BCUT2D eigenvalue weighted by Gasteiger charge is -2.47. The highest BCUT2D eigenvalue weighted by atomic mass is 16.6. The van der Waals surface area contributed by atoms with Gasteiger partial charge < -0.3 is 9.47 Å². The third-order valence-electron chi connectivity index (χ3n) is 8.39. The van der Waals surface area contributed by atoms with Crippen molar-refractivity contribution in [3.05, 3.63) is 71.8 Å². The number of ether oxygens (including phenoxy) is 2. The standard InChI is InChI=1S/C29H33NO5/c1-18(2)25-29(21-10-6-4-7-11-21,22-12-8-5-9-13-22)35-28(33)30(25)26(31)23-19-14-16-20(17-15-19)24(23)27(32)34-3/h4-13,18-20,23-25H,14-17H2,1-3H3/t19?,20?,23-,24+,25-/m0/s1. The number of imide groups is 1. The molecule has 4 fully saturated rings. The number of benzene rings is 2. The first-order chi connectivity index (χ1) is 16.9. The van der Waals surface area contributed by atoms with Crippen LogP contribution in [0.25, 0.3) is 0 Å². The zero-order valence-corrected chi connectivity index (χ0v) is 20.6. The van der Waals surface area contributed by atoms with Crippen LogP contribution >= 0.6 is 0 Å². The van der Waals surface area contributed by atoms with Gasteiger partial charge in [0.15, 0.2) is 5.60 Å². The van der Waals surface area contributed by atoms with E-state index in [1.165, 1.54) is 12.0 Å². The van der Waals surface area contributed by atoms with Crippen LogP contribution in [0.1, 0.15) is 50.7 Å². The molecule has 0 radical (unpaired) electrons. The maximum atomic E-state index is 14.3. The number of carbonyl (C=O) groups is 3. The van der Waals surface area contributed by atoms with E-state index in [1.54, 1.807) is 0 Å². The van der Waals surface area contributed by atoms with Gasteiger partial charge in [0.2, 0.25) is 5.91 Å². The molecule has 1 saturated heterocycles. The Morgan fingerprint density at radius 3 is 1.83 bits per heavy atom. The molecule has 4 aliphatic rings. The van der Waals surface area contributed by atoms with Crippen LogP contribution in [0.15, 0.2) is 60.7 Å². The number of carbonyl (C=O) groups excluding carboxylic acids is 3. The van der Waals surface area contributed by atoms with Gasteiger partial charge in [-0.2, -0.15) is 0 Å². The average molecular weight is 476 g/mol. The van der Waals surface area contributed by atoms with E-state index in [9.17, 15) is 14.4 Å². The zero-order valence-electron chi connectivity index (χ0n) is 20.6. The quantitative estimate of drug-likeness (QED) is 0.559. The lowest BCUT2D eigenvalue weighted by atomic mass is 9.58. The molecule has 0 aromatic heterocycles. The molecule has 2 aromatic carbocycles. The largest absolute Gasteiger partial charge is 0.469 e. The first kappa shape index (κ1) is 23.6. The van der Waals surface area contributed by atoms with E-state index >= 15 is 0 Å². The molecule has 6 heteroatoms. The maximum absolute atomic E-state index is 14.3. The Hall–Kier alpha value is -3.15. The molecule has 6 rings (SSSR count). The van der Waals surface area contributed by atoms with Gasteiger partial charge in [-0.25, -0.2) is 9.69 Å². The highest BCUT2D eigenvalue weighted by molar-refractivity contribution is 5.98. The number of hydrogen-bond donors (Lipinski definition) is 0. The summed E-state index contributed by atoms with van der Waals surface area (Å²) in [6.07, 6.45) is 2.99. The lowest BCUT2D eigenvalue weighted by molar-refractivity contribution is -0.164. The molecule has 2 bridgehead atoms. The number of methoxy groups -OCH3 is 1. The van der Waals surface area contributed by atoms with Crippen molar-refractivity contribution in [2.75, 3.05) is 7.11 Å². The van der Waals surface area contributed by atoms with Crippen molar-refractivity contribution in [1.29, 1.82) is 0 Å². The van der Waals surface area contributed by atoms with Crippen LogP contribution in [0.5, 0.6) is 0 Å². The fourth-order valence-corrected chi connectivity index (χ4v) is 6.98. The normalized spacial score (nSPS) is 29.2. The Bertz CT molecular complexity index is 1050. The van der Waals surface area contributed by atoms with Gasteiger partial charge in [0.1, 0.15) is 0 Å². The van der Waals surface area contributed by atoms with E-state index in [0.29, 0.717) is 0 Å². The molecule has 1 heterocycles. The van der Waals surface area contributed by atoms with E-state index in [4.69, 9.17) is 9.47 Å². The summed E-state index contributed by atoms with van der Waals surface area (Å²) >= 11 is 0. The van der Waals surface area contributed by atoms with Crippen LogP contribution in [-0.4, -0.2) is 36.0 Å². The maximum Gasteiger partial charge on any atom is 0.418 e. The molecule has 0 spiro atoms. The number of hydrogen-bond acceptors (Lipinski definition) is 5. The summed E-state index contributed by atoms with van der Waals surface area (Å²) in [4.78, 5) is 42.2. The highest BCUT2D eigenvalue weighted by Crippen LogP contribution is 2.53. The van der Waals surface area contributed by atoms with Crippen LogP contribution in [0.4, 0.5) is 4.79 Å². The second kappa shape index (κ2) is 9.14. The minimum Gasteiger partial charge on any atom is -0.469 e. The van der Waals surface area contributed by atoms with Gasteiger partial charge in [-0.1, -0.05) is 74.5 Å². The van der Waals surface area contributed by atoms with E-state index in [2.05, 4.69) is 0 Å². The summed E-state index contributed by atoms with van der Waals surface area (Å²) in [5.41, 5.74) is 0.504. The molecular weight excluding hydrogens is 442 g/mol. The number of rotatable bonds is 5. The first-order valence-corrected chi connectivity index (χ1v) is 12.6. The van der Waals surface area contributed by atoms with E-state index in [-0.39, 0.29) is 29.6 Å². The molecule has 184 valence electrons. The third kappa shape index (κ3) is 3.65. The third-order valence-corrected chi connectivity index (χ3v) is 8.39. The number of esters is 1. The monoisotopic (exact) mass is 475 g/mol. The van der Waals surface area contributed by atoms with Gasteiger partial charge >= 0.3 is 12.1 Å². The fraction of sp³-hybridized carbons (Fsp3) is 0.483. The molecule has 2 amide bonds. The van der Waals surface area contributed by atoms with Crippen LogP contribution in [0.3, 0.4) is 0 Å². The predicted molar refractivity (Wildman–Crippen MR) is 130 cm³/mol. The smallest absolute Gasteiger partial charge is 0.418 e. The Morgan fingerprint density at radius 1 is 0.886 bits per heavy atom. The number of amides is 2. The lowest BCUT2D eigenvalue weighted by Crippen LogP contribution is -2.56. The van der Waals surface area contributed by atoms with Crippen molar-refractivity contribution in [1.82, 2.24) is 4.90 Å². The topological polar surface area (TPSA) is 72.9 Å². The zero-order chi connectivity index (χ0) is 24.7. The van der Waals surface area contributed by atoms with Crippen molar-refractivity contribution >= 4 is 18.0 Å². The fourth-order valence-electron chi connectivity index (χ4n) is 6.98. The van der Waals surface area contributed by atoms with E-state index < -0.39 is 29.6 Å². The molecule has 0 N–H and O–H groups in total. The molecular formula is C29H33NO5. The summed E-state index contributed by atoms with van der Waals surface area (Å²) in [5.74, 6) is -1.62. The molecule has 2 aromatic rings. The number of cyclic esters (lactones) is 1. The SMILES string of the molecule is COC(=O)[C@@H]1C2CCC(CC2)[C@@H]1C(=O)N1C(=O)OC(c2ccccc2)(c2ccccc2)[C@@H]1C(C)C. The van der Waals surface area contributed by atoms with Crippen LogP contribution in [0.2, 0.25) is 0 Å². The van der Waals surface area contributed by atoms with Crippen molar-refractivity contribution in [3.8, 4) is 0 Å². The molecule has 3 aliphatic carbocycles. The van der Waals surface area contributed by atoms with Crippen molar-refractivity contribution in [3.63, 3.8) is 0 Å². The second-order valence-corrected chi connectivity index (χ2v) is 10.5. The molecule has 35 heavy (non-hydrogen) atoms. The highest BCUT2D eigenvalue weighted by Gasteiger charge is 2.62. The van der Waals surface area contributed by atoms with Gasteiger partial charge in [0.05, 0.1) is 25.0 Å². The summed E-state index contributed by atoms with van der Waals surface area (Å²) in [7, 11) is 1.38. The second-order valence-electron chi connectivity index (χ2n) is 10.5.